The topological polar surface area (TPSA) is 93.9 Å². The first-order valence-corrected chi connectivity index (χ1v) is 8.50. The SMILES string of the molecule is CN1C(=O)COc2ccc(NC(=O)c3coc(C4CCOCC4)n3)cc21. The van der Waals surface area contributed by atoms with Gasteiger partial charge in [-0.2, -0.15) is 0 Å². The molecule has 4 rings (SSSR count). The van der Waals surface area contributed by atoms with Gasteiger partial charge in [-0.1, -0.05) is 0 Å². The van der Waals surface area contributed by atoms with Crippen molar-refractivity contribution in [2.45, 2.75) is 18.8 Å². The van der Waals surface area contributed by atoms with Crippen molar-refractivity contribution in [2.75, 3.05) is 37.1 Å². The number of aromatic nitrogens is 1. The predicted molar refractivity (Wildman–Crippen MR) is 92.6 cm³/mol. The van der Waals surface area contributed by atoms with Gasteiger partial charge in [-0.25, -0.2) is 4.98 Å². The second kappa shape index (κ2) is 6.80. The van der Waals surface area contributed by atoms with E-state index in [1.165, 1.54) is 11.2 Å². The van der Waals surface area contributed by atoms with Crippen molar-refractivity contribution in [3.63, 3.8) is 0 Å². The molecule has 0 saturated carbocycles. The molecule has 1 saturated heterocycles. The summed E-state index contributed by atoms with van der Waals surface area (Å²) in [6.45, 7) is 1.37. The number of hydrogen-bond donors (Lipinski definition) is 1. The van der Waals surface area contributed by atoms with Crippen LogP contribution in [0.25, 0.3) is 0 Å². The zero-order valence-electron chi connectivity index (χ0n) is 14.4. The predicted octanol–water partition coefficient (Wildman–Crippen LogP) is 2.18. The molecule has 8 heteroatoms. The minimum Gasteiger partial charge on any atom is -0.482 e. The van der Waals surface area contributed by atoms with E-state index in [1.807, 2.05) is 0 Å². The van der Waals surface area contributed by atoms with E-state index in [0.29, 0.717) is 36.2 Å². The molecule has 2 aliphatic heterocycles. The number of nitrogens with one attached hydrogen (secondary N) is 1. The number of fused-ring (bicyclic) bond motifs is 1. The average molecular weight is 357 g/mol. The van der Waals surface area contributed by atoms with Gasteiger partial charge in [-0.05, 0) is 31.0 Å². The van der Waals surface area contributed by atoms with Gasteiger partial charge in [0.2, 0.25) is 0 Å². The Balaban J connectivity index is 1.48. The second-order valence-electron chi connectivity index (χ2n) is 6.34. The Hall–Kier alpha value is -2.87. The fraction of sp³-hybridized carbons (Fsp3) is 0.389. The number of ether oxygens (including phenoxy) is 2. The third kappa shape index (κ3) is 3.15. The average Bonchev–Trinajstić information content (AvgIpc) is 3.16. The summed E-state index contributed by atoms with van der Waals surface area (Å²) in [5.74, 6) is 0.859. The van der Waals surface area contributed by atoms with E-state index in [-0.39, 0.29) is 30.0 Å². The van der Waals surface area contributed by atoms with Crippen LogP contribution in [-0.4, -0.2) is 43.7 Å². The van der Waals surface area contributed by atoms with Gasteiger partial charge < -0.3 is 24.1 Å². The Bertz CT molecular complexity index is 841. The summed E-state index contributed by atoms with van der Waals surface area (Å²) in [6, 6.07) is 5.15. The van der Waals surface area contributed by atoms with Crippen molar-refractivity contribution in [3.05, 3.63) is 36.0 Å². The van der Waals surface area contributed by atoms with E-state index in [0.717, 1.165) is 12.8 Å². The third-order valence-corrected chi connectivity index (χ3v) is 4.63. The third-order valence-electron chi connectivity index (χ3n) is 4.63. The highest BCUT2D eigenvalue weighted by molar-refractivity contribution is 6.04. The van der Waals surface area contributed by atoms with Crippen LogP contribution in [-0.2, 0) is 9.53 Å². The van der Waals surface area contributed by atoms with Crippen molar-refractivity contribution >= 4 is 23.2 Å². The fourth-order valence-corrected chi connectivity index (χ4v) is 3.07. The van der Waals surface area contributed by atoms with E-state index in [4.69, 9.17) is 13.9 Å². The van der Waals surface area contributed by atoms with Crippen LogP contribution >= 0.6 is 0 Å². The van der Waals surface area contributed by atoms with Crippen molar-refractivity contribution in [2.24, 2.45) is 0 Å². The number of amides is 2. The van der Waals surface area contributed by atoms with Gasteiger partial charge in [0.25, 0.3) is 11.8 Å². The quantitative estimate of drug-likeness (QED) is 0.905. The second-order valence-corrected chi connectivity index (χ2v) is 6.34. The molecule has 2 aliphatic rings. The maximum atomic E-state index is 12.5. The number of hydrogen-bond acceptors (Lipinski definition) is 6. The molecule has 0 spiro atoms. The zero-order valence-corrected chi connectivity index (χ0v) is 14.4. The van der Waals surface area contributed by atoms with Crippen LogP contribution in [0.15, 0.2) is 28.9 Å². The molecule has 1 N–H and O–H groups in total. The minimum atomic E-state index is -0.363. The molecule has 1 aromatic heterocycles. The van der Waals surface area contributed by atoms with Gasteiger partial charge in [-0.15, -0.1) is 0 Å². The van der Waals surface area contributed by atoms with Crippen LogP contribution in [0.5, 0.6) is 5.75 Å². The molecular weight excluding hydrogens is 338 g/mol. The number of carbonyl (C=O) groups excluding carboxylic acids is 2. The molecule has 136 valence electrons. The van der Waals surface area contributed by atoms with E-state index in [1.54, 1.807) is 25.2 Å². The largest absolute Gasteiger partial charge is 0.482 e. The van der Waals surface area contributed by atoms with Crippen molar-refractivity contribution < 1.29 is 23.5 Å². The molecule has 2 aromatic rings. The lowest BCUT2D eigenvalue weighted by atomic mass is 10.0. The van der Waals surface area contributed by atoms with Crippen LogP contribution in [0.1, 0.15) is 35.1 Å². The number of rotatable bonds is 3. The Labute approximate surface area is 150 Å². The number of nitrogens with zero attached hydrogens (tertiary/aromatic N) is 2. The lowest BCUT2D eigenvalue weighted by Crippen LogP contribution is -2.35. The highest BCUT2D eigenvalue weighted by Crippen LogP contribution is 2.34. The molecule has 8 nitrogen and oxygen atoms in total. The fourth-order valence-electron chi connectivity index (χ4n) is 3.07. The number of anilines is 2. The molecule has 1 aromatic carbocycles. The maximum Gasteiger partial charge on any atom is 0.277 e. The summed E-state index contributed by atoms with van der Waals surface area (Å²) in [5.41, 5.74) is 1.39. The molecule has 0 aliphatic carbocycles. The van der Waals surface area contributed by atoms with Gasteiger partial charge in [0, 0.05) is 31.9 Å². The van der Waals surface area contributed by atoms with Crippen LogP contribution in [0.3, 0.4) is 0 Å². The standard InChI is InChI=1S/C18H19N3O5/c1-21-14-8-12(2-3-15(14)25-10-16(21)22)19-17(23)13-9-26-18(20-13)11-4-6-24-7-5-11/h2-3,8-9,11H,4-7,10H2,1H3,(H,19,23). The number of oxazole rings is 1. The number of carbonyl (C=O) groups is 2. The number of likely N-dealkylation sites (N-methyl/N-ethyl adjacent to an activating group) is 1. The molecule has 2 amide bonds. The monoisotopic (exact) mass is 357 g/mol. The Kier molecular flexibility index (Phi) is 4.34. The Morgan fingerprint density at radius 2 is 2.12 bits per heavy atom. The molecule has 26 heavy (non-hydrogen) atoms. The maximum absolute atomic E-state index is 12.5. The van der Waals surface area contributed by atoms with Crippen molar-refractivity contribution in [3.8, 4) is 5.75 Å². The summed E-state index contributed by atoms with van der Waals surface area (Å²) < 4.78 is 16.2. The van der Waals surface area contributed by atoms with Crippen LogP contribution < -0.4 is 15.0 Å². The Morgan fingerprint density at radius 1 is 1.31 bits per heavy atom. The summed E-state index contributed by atoms with van der Waals surface area (Å²) in [4.78, 5) is 30.0. The smallest absolute Gasteiger partial charge is 0.277 e. The molecule has 0 bridgehead atoms. The van der Waals surface area contributed by atoms with E-state index in [2.05, 4.69) is 10.3 Å². The molecule has 3 heterocycles. The molecule has 0 radical (unpaired) electrons. The highest BCUT2D eigenvalue weighted by Gasteiger charge is 2.24. The van der Waals surface area contributed by atoms with Crippen molar-refractivity contribution in [1.29, 1.82) is 0 Å². The van der Waals surface area contributed by atoms with Gasteiger partial charge in [0.1, 0.15) is 12.0 Å². The first-order valence-electron chi connectivity index (χ1n) is 8.50. The first-order chi connectivity index (χ1) is 12.6. The number of benzene rings is 1. The lowest BCUT2D eigenvalue weighted by molar-refractivity contribution is -0.120. The van der Waals surface area contributed by atoms with Gasteiger partial charge in [-0.3, -0.25) is 9.59 Å². The summed E-state index contributed by atoms with van der Waals surface area (Å²) in [6.07, 6.45) is 3.05. The normalized spacial score (nSPS) is 17.6. The van der Waals surface area contributed by atoms with E-state index in [9.17, 15) is 9.59 Å². The van der Waals surface area contributed by atoms with E-state index < -0.39 is 0 Å². The van der Waals surface area contributed by atoms with Crippen LogP contribution in [0, 0.1) is 0 Å². The summed E-state index contributed by atoms with van der Waals surface area (Å²) in [7, 11) is 1.67. The molecular formula is C18H19N3O5. The summed E-state index contributed by atoms with van der Waals surface area (Å²) in [5, 5.41) is 2.78. The summed E-state index contributed by atoms with van der Waals surface area (Å²) >= 11 is 0. The van der Waals surface area contributed by atoms with Crippen LogP contribution in [0.4, 0.5) is 11.4 Å². The molecule has 1 fully saturated rings. The van der Waals surface area contributed by atoms with Gasteiger partial charge in [0.05, 0.1) is 5.69 Å². The van der Waals surface area contributed by atoms with Crippen LogP contribution in [0.2, 0.25) is 0 Å². The minimum absolute atomic E-state index is 0.0170. The zero-order chi connectivity index (χ0) is 18.1. The van der Waals surface area contributed by atoms with Gasteiger partial charge >= 0.3 is 0 Å². The highest BCUT2D eigenvalue weighted by atomic mass is 16.5. The van der Waals surface area contributed by atoms with Gasteiger partial charge in [0.15, 0.2) is 18.2 Å². The molecule has 0 atom stereocenters. The lowest BCUT2D eigenvalue weighted by Gasteiger charge is -2.26. The Morgan fingerprint density at radius 3 is 2.92 bits per heavy atom. The first kappa shape index (κ1) is 16.6. The van der Waals surface area contributed by atoms with Crippen molar-refractivity contribution in [1.82, 2.24) is 4.98 Å². The molecule has 0 unspecified atom stereocenters. The van der Waals surface area contributed by atoms with E-state index >= 15 is 0 Å².